The van der Waals surface area contributed by atoms with Gasteiger partial charge in [0.1, 0.15) is 0 Å². The molecule has 1 saturated carbocycles. The van der Waals surface area contributed by atoms with E-state index in [1.807, 2.05) is 4.90 Å². The zero-order valence-electron chi connectivity index (χ0n) is 15.2. The van der Waals surface area contributed by atoms with Gasteiger partial charge in [0, 0.05) is 57.1 Å². The third kappa shape index (κ3) is 2.87. The molecule has 7 heteroatoms. The number of carbonyl (C=O) groups is 1. The molecule has 1 amide bonds. The summed E-state index contributed by atoms with van der Waals surface area (Å²) in [4.78, 5) is 17.2. The number of aromatic nitrogens is 2. The normalized spacial score (nSPS) is 31.0. The molecule has 1 aromatic rings. The number of amides is 1. The number of anilines is 1. The minimum absolute atomic E-state index is 0.158. The van der Waals surface area contributed by atoms with Crippen molar-refractivity contribution in [3.05, 3.63) is 17.3 Å². The van der Waals surface area contributed by atoms with Gasteiger partial charge in [-0.05, 0) is 30.9 Å². The molecule has 1 aromatic heterocycles. The van der Waals surface area contributed by atoms with Gasteiger partial charge in [0.15, 0.2) is 5.82 Å². The van der Waals surface area contributed by atoms with Crippen LogP contribution >= 0.6 is 0 Å². The Bertz CT molecular complexity index is 696. The van der Waals surface area contributed by atoms with Crippen molar-refractivity contribution < 1.29 is 14.3 Å². The highest BCUT2D eigenvalue weighted by molar-refractivity contribution is 5.83. The summed E-state index contributed by atoms with van der Waals surface area (Å²) in [5.41, 5.74) is 2.35. The fraction of sp³-hybridized carbons (Fsp3) is 0.737. The van der Waals surface area contributed by atoms with Crippen LogP contribution < -0.4 is 4.90 Å². The van der Waals surface area contributed by atoms with Crippen LogP contribution in [0.25, 0.3) is 0 Å². The van der Waals surface area contributed by atoms with Crippen molar-refractivity contribution in [2.24, 2.45) is 11.3 Å². The Hall–Kier alpha value is -1.73. The van der Waals surface area contributed by atoms with E-state index < -0.39 is 0 Å². The van der Waals surface area contributed by atoms with Crippen LogP contribution in [-0.4, -0.2) is 67.1 Å². The Labute approximate surface area is 153 Å². The predicted octanol–water partition coefficient (Wildman–Crippen LogP) is 1.01. The van der Waals surface area contributed by atoms with Crippen molar-refractivity contribution in [3.8, 4) is 0 Å². The summed E-state index contributed by atoms with van der Waals surface area (Å²) in [5.74, 6) is 1.39. The summed E-state index contributed by atoms with van der Waals surface area (Å²) in [6, 6.07) is 2.13. The second-order valence-corrected chi connectivity index (χ2v) is 8.06. The largest absolute Gasteiger partial charge is 0.381 e. The van der Waals surface area contributed by atoms with E-state index in [2.05, 4.69) is 21.2 Å². The van der Waals surface area contributed by atoms with Gasteiger partial charge in [-0.1, -0.05) is 0 Å². The van der Waals surface area contributed by atoms with E-state index in [9.17, 15) is 4.79 Å². The first-order valence-electron chi connectivity index (χ1n) is 9.80. The molecule has 2 saturated heterocycles. The van der Waals surface area contributed by atoms with Gasteiger partial charge >= 0.3 is 0 Å². The maximum Gasteiger partial charge on any atom is 0.226 e. The van der Waals surface area contributed by atoms with Crippen molar-refractivity contribution in [1.82, 2.24) is 15.1 Å². The SMILES string of the molecule is O=C(C1CC12CCOC2)N1CCc2nnc(N3CCCOCC3)cc2C1. The predicted molar refractivity (Wildman–Crippen MR) is 94.8 cm³/mol. The molecule has 2 atom stereocenters. The summed E-state index contributed by atoms with van der Waals surface area (Å²) in [5, 5.41) is 8.89. The van der Waals surface area contributed by atoms with E-state index in [4.69, 9.17) is 9.47 Å². The van der Waals surface area contributed by atoms with E-state index in [0.717, 1.165) is 88.8 Å². The van der Waals surface area contributed by atoms with E-state index in [0.29, 0.717) is 12.5 Å². The van der Waals surface area contributed by atoms with Gasteiger partial charge in [-0.25, -0.2) is 0 Å². The topological polar surface area (TPSA) is 67.8 Å². The van der Waals surface area contributed by atoms with E-state index in [1.165, 1.54) is 0 Å². The van der Waals surface area contributed by atoms with Gasteiger partial charge < -0.3 is 19.3 Å². The summed E-state index contributed by atoms with van der Waals surface area (Å²) in [7, 11) is 0. The lowest BCUT2D eigenvalue weighted by Crippen LogP contribution is -2.39. The van der Waals surface area contributed by atoms with Crippen LogP contribution in [0.3, 0.4) is 0 Å². The number of ether oxygens (including phenoxy) is 2. The van der Waals surface area contributed by atoms with Crippen molar-refractivity contribution in [3.63, 3.8) is 0 Å². The molecular weight excluding hydrogens is 332 g/mol. The third-order valence-corrected chi connectivity index (χ3v) is 6.41. The van der Waals surface area contributed by atoms with Crippen LogP contribution in [0, 0.1) is 11.3 Å². The van der Waals surface area contributed by atoms with Crippen molar-refractivity contribution >= 4 is 11.7 Å². The Morgan fingerprint density at radius 2 is 2.12 bits per heavy atom. The zero-order valence-corrected chi connectivity index (χ0v) is 15.2. The van der Waals surface area contributed by atoms with Gasteiger partial charge in [0.2, 0.25) is 5.91 Å². The molecule has 3 aliphatic heterocycles. The first-order valence-corrected chi connectivity index (χ1v) is 9.80. The fourth-order valence-corrected chi connectivity index (χ4v) is 4.61. The molecule has 2 unspecified atom stereocenters. The van der Waals surface area contributed by atoms with E-state index in [-0.39, 0.29) is 11.3 Å². The molecule has 3 fully saturated rings. The van der Waals surface area contributed by atoms with Gasteiger partial charge in [0.05, 0.1) is 18.9 Å². The maximum atomic E-state index is 13.0. The van der Waals surface area contributed by atoms with Crippen molar-refractivity contribution in [2.75, 3.05) is 51.0 Å². The monoisotopic (exact) mass is 358 g/mol. The molecule has 7 nitrogen and oxygen atoms in total. The smallest absolute Gasteiger partial charge is 0.226 e. The number of fused-ring (bicyclic) bond motifs is 1. The lowest BCUT2D eigenvalue weighted by atomic mass is 10.0. The second-order valence-electron chi connectivity index (χ2n) is 8.06. The average molecular weight is 358 g/mol. The van der Waals surface area contributed by atoms with Crippen LogP contribution in [0.4, 0.5) is 5.82 Å². The zero-order chi connectivity index (χ0) is 17.6. The van der Waals surface area contributed by atoms with Crippen LogP contribution in [-0.2, 0) is 27.2 Å². The van der Waals surface area contributed by atoms with Gasteiger partial charge in [0.25, 0.3) is 0 Å². The third-order valence-electron chi connectivity index (χ3n) is 6.41. The summed E-state index contributed by atoms with van der Waals surface area (Å²) in [6.07, 6.45) is 3.85. The van der Waals surface area contributed by atoms with E-state index in [1.54, 1.807) is 0 Å². The standard InChI is InChI=1S/C19H26N4O3/c24-18(15-11-19(15)3-8-26-13-19)23-5-2-16-14(12-23)10-17(21-20-16)22-4-1-7-25-9-6-22/h10,15H,1-9,11-13H2. The maximum absolute atomic E-state index is 13.0. The summed E-state index contributed by atoms with van der Waals surface area (Å²) in [6.45, 7) is 6.32. The number of rotatable bonds is 2. The molecule has 140 valence electrons. The highest BCUT2D eigenvalue weighted by Crippen LogP contribution is 2.58. The summed E-state index contributed by atoms with van der Waals surface area (Å²) >= 11 is 0. The molecule has 4 heterocycles. The number of hydrogen-bond donors (Lipinski definition) is 0. The van der Waals surface area contributed by atoms with Crippen LogP contribution in [0.5, 0.6) is 0 Å². The molecular formula is C19H26N4O3. The molecule has 5 rings (SSSR count). The number of hydrogen-bond acceptors (Lipinski definition) is 6. The minimum Gasteiger partial charge on any atom is -0.381 e. The first-order chi connectivity index (χ1) is 12.8. The molecule has 0 aromatic carbocycles. The molecule has 0 radical (unpaired) electrons. The van der Waals surface area contributed by atoms with E-state index >= 15 is 0 Å². The van der Waals surface area contributed by atoms with Crippen LogP contribution in [0.1, 0.15) is 30.5 Å². The minimum atomic E-state index is 0.158. The molecule has 4 aliphatic rings. The molecule has 1 spiro atoms. The highest BCUT2D eigenvalue weighted by atomic mass is 16.5. The van der Waals surface area contributed by atoms with Crippen LogP contribution in [0.2, 0.25) is 0 Å². The Morgan fingerprint density at radius 3 is 3.00 bits per heavy atom. The number of carbonyl (C=O) groups excluding carboxylic acids is 1. The Morgan fingerprint density at radius 1 is 1.15 bits per heavy atom. The first kappa shape index (κ1) is 16.4. The molecule has 0 N–H and O–H groups in total. The Kier molecular flexibility index (Phi) is 4.09. The van der Waals surface area contributed by atoms with Gasteiger partial charge in [-0.15, -0.1) is 5.10 Å². The summed E-state index contributed by atoms with van der Waals surface area (Å²) < 4.78 is 11.1. The average Bonchev–Trinajstić information content (AvgIpc) is 3.29. The molecule has 1 aliphatic carbocycles. The fourth-order valence-electron chi connectivity index (χ4n) is 4.61. The highest BCUT2D eigenvalue weighted by Gasteiger charge is 2.60. The van der Waals surface area contributed by atoms with Crippen molar-refractivity contribution in [2.45, 2.75) is 32.2 Å². The lowest BCUT2D eigenvalue weighted by molar-refractivity contribution is -0.134. The molecule has 0 bridgehead atoms. The van der Waals surface area contributed by atoms with Gasteiger partial charge in [-0.2, -0.15) is 5.10 Å². The lowest BCUT2D eigenvalue weighted by Gasteiger charge is -2.30. The van der Waals surface area contributed by atoms with Crippen LogP contribution in [0.15, 0.2) is 6.07 Å². The Balaban J connectivity index is 1.30. The van der Waals surface area contributed by atoms with Gasteiger partial charge in [-0.3, -0.25) is 4.79 Å². The second kappa shape index (κ2) is 6.46. The quantitative estimate of drug-likeness (QED) is 0.786. The molecule has 26 heavy (non-hydrogen) atoms. The number of nitrogens with zero attached hydrogens (tertiary/aromatic N) is 4. The van der Waals surface area contributed by atoms with Crippen molar-refractivity contribution in [1.29, 1.82) is 0 Å².